The van der Waals surface area contributed by atoms with Gasteiger partial charge in [0, 0.05) is 11.9 Å². The van der Waals surface area contributed by atoms with E-state index in [9.17, 15) is 0 Å². The Kier molecular flexibility index (Phi) is 7.21. The first-order valence-electron chi connectivity index (χ1n) is 7.28. The molecule has 2 aromatic rings. The van der Waals surface area contributed by atoms with Gasteiger partial charge in [-0.25, -0.2) is 4.98 Å². The molecule has 0 saturated carbocycles. The highest BCUT2D eigenvalue weighted by molar-refractivity contribution is 7.09. The highest BCUT2D eigenvalue weighted by Gasteiger charge is 2.02. The quantitative estimate of drug-likeness (QED) is 0.684. The summed E-state index contributed by atoms with van der Waals surface area (Å²) >= 11 is 1.68. The number of hydrogen-bond acceptors (Lipinski definition) is 5. The summed E-state index contributed by atoms with van der Waals surface area (Å²) in [7, 11) is 0. The van der Waals surface area contributed by atoms with Crippen LogP contribution in [0.5, 0.6) is 5.75 Å². The largest absolute Gasteiger partial charge is 0.491 e. The number of thiazole rings is 1. The van der Waals surface area contributed by atoms with Crippen LogP contribution in [0.15, 0.2) is 35.7 Å². The van der Waals surface area contributed by atoms with Crippen LogP contribution in [0.25, 0.3) is 0 Å². The maximum atomic E-state index is 5.58. The van der Waals surface area contributed by atoms with Gasteiger partial charge in [0.15, 0.2) is 0 Å². The van der Waals surface area contributed by atoms with Crippen LogP contribution in [0.1, 0.15) is 24.0 Å². The molecule has 1 aromatic heterocycles. The van der Waals surface area contributed by atoms with E-state index >= 15 is 0 Å². The average Bonchev–Trinajstić information content (AvgIpc) is 2.96. The Hall–Kier alpha value is -1.43. The molecule has 0 spiro atoms. The number of aromatic nitrogens is 1. The van der Waals surface area contributed by atoms with Crippen molar-refractivity contribution in [1.82, 2.24) is 10.3 Å². The summed E-state index contributed by atoms with van der Waals surface area (Å²) in [6.07, 6.45) is 1.14. The molecule has 0 fully saturated rings. The van der Waals surface area contributed by atoms with Gasteiger partial charge >= 0.3 is 0 Å². The molecule has 1 N–H and O–H groups in total. The van der Waals surface area contributed by atoms with Crippen molar-refractivity contribution >= 4 is 11.3 Å². The summed E-state index contributed by atoms with van der Waals surface area (Å²) in [5, 5.41) is 6.52. The molecule has 0 aliphatic rings. The summed E-state index contributed by atoms with van der Waals surface area (Å²) in [5.41, 5.74) is 0.994. The van der Waals surface area contributed by atoms with Crippen LogP contribution in [0.4, 0.5) is 0 Å². The topological polar surface area (TPSA) is 43.4 Å². The lowest BCUT2D eigenvalue weighted by molar-refractivity contribution is 0.0872. The molecule has 0 radical (unpaired) electrons. The minimum Gasteiger partial charge on any atom is -0.491 e. The first kappa shape index (κ1) is 15.9. The molecule has 1 heterocycles. The monoisotopic (exact) mass is 306 g/mol. The minimum atomic E-state index is 0.544. The lowest BCUT2D eigenvalue weighted by atomic mass is 10.3. The van der Waals surface area contributed by atoms with Gasteiger partial charge in [0.05, 0.1) is 18.9 Å². The minimum absolute atomic E-state index is 0.544. The smallest absolute Gasteiger partial charge is 0.119 e. The summed E-state index contributed by atoms with van der Waals surface area (Å²) in [4.78, 5) is 4.53. The van der Waals surface area contributed by atoms with Crippen molar-refractivity contribution in [3.63, 3.8) is 0 Å². The van der Waals surface area contributed by atoms with Crippen LogP contribution in [0.3, 0.4) is 0 Å². The van der Waals surface area contributed by atoms with E-state index in [4.69, 9.17) is 9.47 Å². The maximum absolute atomic E-state index is 5.58. The van der Waals surface area contributed by atoms with Crippen molar-refractivity contribution in [2.45, 2.75) is 26.5 Å². The van der Waals surface area contributed by atoms with Crippen LogP contribution < -0.4 is 10.1 Å². The van der Waals surface area contributed by atoms with Crippen LogP contribution in [0.2, 0.25) is 0 Å². The van der Waals surface area contributed by atoms with Gasteiger partial charge in [-0.2, -0.15) is 0 Å². The summed E-state index contributed by atoms with van der Waals surface area (Å²) in [6, 6.07) is 9.77. The number of rotatable bonds is 10. The zero-order chi connectivity index (χ0) is 14.8. The van der Waals surface area contributed by atoms with E-state index in [0.29, 0.717) is 19.8 Å². The van der Waals surface area contributed by atoms with E-state index < -0.39 is 0 Å². The molecule has 21 heavy (non-hydrogen) atoms. The number of nitrogens with zero attached hydrogens (tertiary/aromatic N) is 1. The summed E-state index contributed by atoms with van der Waals surface area (Å²) in [5.74, 6) is 0.874. The van der Waals surface area contributed by atoms with Crippen molar-refractivity contribution in [2.24, 2.45) is 0 Å². The molecule has 4 nitrogen and oxygen atoms in total. The van der Waals surface area contributed by atoms with E-state index in [1.54, 1.807) is 11.3 Å². The molecule has 0 saturated heterocycles. The van der Waals surface area contributed by atoms with Crippen LogP contribution in [0, 0.1) is 0 Å². The van der Waals surface area contributed by atoms with E-state index in [-0.39, 0.29) is 0 Å². The zero-order valence-electron chi connectivity index (χ0n) is 12.4. The zero-order valence-corrected chi connectivity index (χ0v) is 13.2. The maximum Gasteiger partial charge on any atom is 0.119 e. The lowest BCUT2D eigenvalue weighted by Gasteiger charge is -2.05. The third-order valence-corrected chi connectivity index (χ3v) is 3.69. The van der Waals surface area contributed by atoms with Gasteiger partial charge in [-0.3, -0.25) is 0 Å². The summed E-state index contributed by atoms with van der Waals surface area (Å²) in [6.45, 7) is 5.70. The molecular weight excluding hydrogens is 284 g/mol. The number of hydrogen-bond donors (Lipinski definition) is 1. The standard InChI is InChI=1S/C16H22N2O2S/c1-2-8-17-11-16-18-14(13-21-16)12-19-9-10-20-15-6-4-3-5-7-15/h3-7,13,17H,2,8-12H2,1H3. The van der Waals surface area contributed by atoms with E-state index in [1.165, 1.54) is 0 Å². The first-order valence-corrected chi connectivity index (χ1v) is 8.16. The fourth-order valence-corrected chi connectivity index (χ4v) is 2.53. The van der Waals surface area contributed by atoms with Gasteiger partial charge in [0.25, 0.3) is 0 Å². The second kappa shape index (κ2) is 9.50. The predicted octanol–water partition coefficient (Wildman–Crippen LogP) is 3.24. The molecule has 0 aliphatic heterocycles. The number of nitrogens with one attached hydrogen (secondary N) is 1. The Morgan fingerprint density at radius 1 is 1.19 bits per heavy atom. The molecule has 5 heteroatoms. The van der Waals surface area contributed by atoms with Crippen molar-refractivity contribution in [2.75, 3.05) is 19.8 Å². The number of para-hydroxylation sites is 1. The second-order valence-corrected chi connectivity index (χ2v) is 5.57. The number of ether oxygens (including phenoxy) is 2. The van der Waals surface area contributed by atoms with Gasteiger partial charge in [-0.1, -0.05) is 25.1 Å². The highest BCUT2D eigenvalue weighted by Crippen LogP contribution is 2.11. The van der Waals surface area contributed by atoms with Crippen molar-refractivity contribution in [1.29, 1.82) is 0 Å². The molecular formula is C16H22N2O2S. The van der Waals surface area contributed by atoms with Gasteiger partial charge in [0.1, 0.15) is 17.4 Å². The Morgan fingerprint density at radius 3 is 2.86 bits per heavy atom. The van der Waals surface area contributed by atoms with E-state index in [2.05, 4.69) is 22.6 Å². The molecule has 0 atom stereocenters. The van der Waals surface area contributed by atoms with Crippen molar-refractivity contribution in [3.8, 4) is 5.75 Å². The van der Waals surface area contributed by atoms with E-state index in [1.807, 2.05) is 30.3 Å². The lowest BCUT2D eigenvalue weighted by Crippen LogP contribution is -2.13. The molecule has 0 unspecified atom stereocenters. The molecule has 114 valence electrons. The Bertz CT molecular complexity index is 502. The average molecular weight is 306 g/mol. The van der Waals surface area contributed by atoms with Gasteiger partial charge < -0.3 is 14.8 Å². The Balaban J connectivity index is 1.58. The Labute approximate surface area is 130 Å². The van der Waals surface area contributed by atoms with Crippen LogP contribution in [-0.4, -0.2) is 24.7 Å². The second-order valence-electron chi connectivity index (χ2n) is 4.62. The molecule has 1 aromatic carbocycles. The molecule has 0 bridgehead atoms. The van der Waals surface area contributed by atoms with E-state index in [0.717, 1.165) is 36.0 Å². The van der Waals surface area contributed by atoms with Crippen molar-refractivity contribution < 1.29 is 9.47 Å². The third kappa shape index (κ3) is 6.25. The fraction of sp³-hybridized carbons (Fsp3) is 0.438. The fourth-order valence-electron chi connectivity index (χ4n) is 1.78. The molecule has 2 rings (SSSR count). The van der Waals surface area contributed by atoms with Crippen LogP contribution in [-0.2, 0) is 17.9 Å². The summed E-state index contributed by atoms with van der Waals surface area (Å²) < 4.78 is 11.1. The SMILES string of the molecule is CCCNCc1nc(COCCOc2ccccc2)cs1. The van der Waals surface area contributed by atoms with Gasteiger partial charge in [0.2, 0.25) is 0 Å². The normalized spacial score (nSPS) is 10.7. The third-order valence-electron chi connectivity index (χ3n) is 2.79. The van der Waals surface area contributed by atoms with Gasteiger partial charge in [-0.15, -0.1) is 11.3 Å². The predicted molar refractivity (Wildman–Crippen MR) is 85.7 cm³/mol. The Morgan fingerprint density at radius 2 is 2.05 bits per heavy atom. The highest BCUT2D eigenvalue weighted by atomic mass is 32.1. The number of benzene rings is 1. The molecule has 0 aliphatic carbocycles. The van der Waals surface area contributed by atoms with Crippen molar-refractivity contribution in [3.05, 3.63) is 46.4 Å². The first-order chi connectivity index (χ1) is 10.4. The van der Waals surface area contributed by atoms with Crippen LogP contribution >= 0.6 is 11.3 Å². The molecule has 0 amide bonds. The van der Waals surface area contributed by atoms with Gasteiger partial charge in [-0.05, 0) is 25.1 Å².